The van der Waals surface area contributed by atoms with Gasteiger partial charge in [0.2, 0.25) is 0 Å². The van der Waals surface area contributed by atoms with Crippen LogP contribution in [0.15, 0.2) is 255 Å². The van der Waals surface area contributed by atoms with Gasteiger partial charge in [-0.2, -0.15) is 0 Å². The smallest absolute Gasteiger partial charge is 0.0714 e. The summed E-state index contributed by atoms with van der Waals surface area (Å²) in [7, 11) is 0. The standard InChI is InChI=1S/C81H65N/c1-52-47-63(81(62-21-9-4-10-22-62)74-27-15-11-23-67(74)68-24-12-16-28-75(68)81)50-66(48-52)82(65-44-39-58(40-45-65)79-77-56-33-29-54(30-34-56)71(77)51-72-55-31-35-57(36-32-55)78(72)79)64-42-37-53(38-43-64)59-41-46-70-69-25-13-14-26-73(69)80(76(70)49-59,60-17-5-2-6-18-60)61-19-7-3-8-20-61/h2-28,37-51,54-57H,29-36H2,1H3. The Balaban J connectivity index is 0.842. The summed E-state index contributed by atoms with van der Waals surface area (Å²) < 4.78 is 0. The summed E-state index contributed by atoms with van der Waals surface area (Å²) in [5.41, 5.74) is 31.7. The molecule has 1 nitrogen and oxygen atoms in total. The summed E-state index contributed by atoms with van der Waals surface area (Å²) in [4.78, 5) is 2.55. The van der Waals surface area contributed by atoms with Crippen LogP contribution in [0.4, 0.5) is 17.1 Å². The molecule has 11 aromatic rings. The molecule has 82 heavy (non-hydrogen) atoms. The van der Waals surface area contributed by atoms with Crippen molar-refractivity contribution in [2.75, 3.05) is 4.90 Å². The molecule has 0 N–H and O–H groups in total. The van der Waals surface area contributed by atoms with Gasteiger partial charge in [-0.25, -0.2) is 0 Å². The fourth-order valence-corrected chi connectivity index (χ4v) is 17.5. The number of hydrogen-bond donors (Lipinski definition) is 0. The van der Waals surface area contributed by atoms with Crippen LogP contribution in [0.25, 0.3) is 44.5 Å². The summed E-state index contributed by atoms with van der Waals surface area (Å²) in [6.45, 7) is 2.29. The van der Waals surface area contributed by atoms with Crippen molar-refractivity contribution in [2.24, 2.45) is 0 Å². The fraction of sp³-hybridized carbons (Fsp3) is 0.185. The number of anilines is 3. The maximum Gasteiger partial charge on any atom is 0.0714 e. The Morgan fingerprint density at radius 3 is 1.16 bits per heavy atom. The Morgan fingerprint density at radius 2 is 0.683 bits per heavy atom. The van der Waals surface area contributed by atoms with Crippen LogP contribution in [0.3, 0.4) is 0 Å². The zero-order valence-electron chi connectivity index (χ0n) is 46.7. The average Bonchev–Trinajstić information content (AvgIpc) is 3.36. The van der Waals surface area contributed by atoms with E-state index in [9.17, 15) is 0 Å². The monoisotopic (exact) mass is 1050 g/mol. The van der Waals surface area contributed by atoms with Crippen molar-refractivity contribution in [3.05, 3.63) is 327 Å². The second kappa shape index (κ2) is 18.6. The summed E-state index contributed by atoms with van der Waals surface area (Å²) in [6.07, 6.45) is 10.8. The minimum absolute atomic E-state index is 0.467. The lowest BCUT2D eigenvalue weighted by atomic mass is 9.59. The van der Waals surface area contributed by atoms with Crippen LogP contribution in [0.5, 0.6) is 0 Å². The summed E-state index contributed by atoms with van der Waals surface area (Å²) >= 11 is 0. The maximum atomic E-state index is 2.75. The molecule has 0 atom stereocenters. The average molecular weight is 1050 g/mol. The van der Waals surface area contributed by atoms with E-state index in [1.54, 1.807) is 27.8 Å². The van der Waals surface area contributed by atoms with Crippen molar-refractivity contribution in [1.82, 2.24) is 0 Å². The van der Waals surface area contributed by atoms with Gasteiger partial charge in [-0.1, -0.05) is 212 Å². The summed E-state index contributed by atoms with van der Waals surface area (Å²) in [5.74, 6) is 2.80. The first kappa shape index (κ1) is 48.0. The Kier molecular flexibility index (Phi) is 10.9. The van der Waals surface area contributed by atoms with Crippen LogP contribution in [0, 0.1) is 6.92 Å². The highest BCUT2D eigenvalue weighted by Gasteiger charge is 2.48. The summed E-state index contributed by atoms with van der Waals surface area (Å²) in [5, 5.41) is 0. The summed E-state index contributed by atoms with van der Waals surface area (Å²) in [6, 6.07) is 97.7. The molecule has 0 aromatic heterocycles. The van der Waals surface area contributed by atoms with E-state index in [1.807, 2.05) is 0 Å². The van der Waals surface area contributed by atoms with E-state index >= 15 is 0 Å². The largest absolute Gasteiger partial charge is 0.310 e. The molecule has 0 heterocycles. The number of hydrogen-bond acceptors (Lipinski definition) is 1. The highest BCUT2D eigenvalue weighted by Crippen LogP contribution is 2.62. The van der Waals surface area contributed by atoms with E-state index < -0.39 is 10.8 Å². The van der Waals surface area contributed by atoms with Crippen LogP contribution < -0.4 is 4.90 Å². The van der Waals surface area contributed by atoms with Crippen LogP contribution in [-0.2, 0) is 10.8 Å². The fourth-order valence-electron chi connectivity index (χ4n) is 17.5. The van der Waals surface area contributed by atoms with E-state index in [-0.39, 0.29) is 0 Å². The highest BCUT2D eigenvalue weighted by atomic mass is 15.1. The van der Waals surface area contributed by atoms with Crippen molar-refractivity contribution < 1.29 is 0 Å². The van der Waals surface area contributed by atoms with Gasteiger partial charge in [0.05, 0.1) is 10.8 Å². The molecule has 2 saturated carbocycles. The molecular weight excluding hydrogens is 987 g/mol. The van der Waals surface area contributed by atoms with Crippen molar-refractivity contribution in [3.63, 3.8) is 0 Å². The van der Waals surface area contributed by atoms with Crippen LogP contribution >= 0.6 is 0 Å². The molecule has 1 heteroatoms. The molecule has 4 bridgehead atoms. The van der Waals surface area contributed by atoms with Crippen LogP contribution in [0.2, 0.25) is 0 Å². The van der Waals surface area contributed by atoms with Crippen molar-refractivity contribution in [2.45, 2.75) is 92.8 Å². The van der Waals surface area contributed by atoms with Gasteiger partial charge in [0.25, 0.3) is 0 Å². The van der Waals surface area contributed by atoms with Gasteiger partial charge < -0.3 is 4.90 Å². The van der Waals surface area contributed by atoms with E-state index in [4.69, 9.17) is 0 Å². The second-order valence-electron chi connectivity index (χ2n) is 24.8. The van der Waals surface area contributed by atoms with Crippen molar-refractivity contribution >= 4 is 17.1 Å². The van der Waals surface area contributed by atoms with Crippen molar-refractivity contribution in [3.8, 4) is 44.5 Å². The van der Waals surface area contributed by atoms with E-state index in [2.05, 4.69) is 267 Å². The van der Waals surface area contributed by atoms with E-state index in [0.717, 1.165) is 23.2 Å². The molecule has 11 aromatic carbocycles. The van der Waals surface area contributed by atoms with Gasteiger partial charge in [0.1, 0.15) is 0 Å². The number of rotatable bonds is 9. The first-order chi connectivity index (χ1) is 40.6. The van der Waals surface area contributed by atoms with Gasteiger partial charge >= 0.3 is 0 Å². The van der Waals surface area contributed by atoms with E-state index in [0.29, 0.717) is 11.8 Å². The van der Waals surface area contributed by atoms with Gasteiger partial charge in [-0.05, 0) is 241 Å². The van der Waals surface area contributed by atoms with Gasteiger partial charge in [0, 0.05) is 17.1 Å². The molecule has 0 spiro atoms. The predicted octanol–water partition coefficient (Wildman–Crippen LogP) is 21.0. The Hall–Kier alpha value is -8.78. The molecule has 0 unspecified atom stereocenters. The number of nitrogens with zero attached hydrogens (tertiary/aromatic N) is 1. The topological polar surface area (TPSA) is 3.24 Å². The third-order valence-electron chi connectivity index (χ3n) is 20.9. The van der Waals surface area contributed by atoms with Gasteiger partial charge in [0.15, 0.2) is 0 Å². The minimum Gasteiger partial charge on any atom is -0.310 e. The zero-order valence-corrected chi connectivity index (χ0v) is 46.7. The lowest BCUT2D eigenvalue weighted by Gasteiger charge is -2.46. The molecule has 19 rings (SSSR count). The Labute approximate surface area is 483 Å². The first-order valence-corrected chi connectivity index (χ1v) is 30.5. The Morgan fingerprint density at radius 1 is 0.293 bits per heavy atom. The quantitative estimate of drug-likeness (QED) is 0.139. The lowest BCUT2D eigenvalue weighted by molar-refractivity contribution is 0.342. The van der Waals surface area contributed by atoms with Gasteiger partial charge in [-0.15, -0.1) is 0 Å². The lowest BCUT2D eigenvalue weighted by Crippen LogP contribution is -2.29. The Bertz CT molecular complexity index is 4160. The minimum atomic E-state index is -0.527. The maximum absolute atomic E-state index is 2.75. The normalized spacial score (nSPS) is 19.6. The molecule has 8 aliphatic rings. The number of aryl methyl sites for hydroxylation is 1. The highest BCUT2D eigenvalue weighted by molar-refractivity contribution is 5.91. The predicted molar refractivity (Wildman–Crippen MR) is 339 cm³/mol. The number of fused-ring (bicyclic) bond motifs is 10. The first-order valence-electron chi connectivity index (χ1n) is 30.5. The van der Waals surface area contributed by atoms with Crippen LogP contribution in [-0.4, -0.2) is 0 Å². The van der Waals surface area contributed by atoms with Crippen molar-refractivity contribution in [1.29, 1.82) is 0 Å². The van der Waals surface area contributed by atoms with Crippen LogP contribution in [0.1, 0.15) is 147 Å². The molecule has 0 radical (unpaired) electrons. The SMILES string of the molecule is Cc1cc(N(c2ccc(-c3ccc4c(c3)C(c3ccccc3)(c3ccccc3)c3ccccc3-4)cc2)c2ccc(-c3c4c(cc5c3C3CCC5CC3)C3CCC4CC3)cc2)cc(C2(c3ccccc3)c3ccccc3-c3ccccc32)c1. The molecule has 2 fully saturated rings. The van der Waals surface area contributed by atoms with E-state index in [1.165, 1.54) is 146 Å². The third kappa shape index (κ3) is 6.92. The second-order valence-corrected chi connectivity index (χ2v) is 24.8. The molecule has 0 saturated heterocycles. The molecule has 8 aliphatic carbocycles. The third-order valence-corrected chi connectivity index (χ3v) is 20.9. The molecular formula is C81H65N. The molecule has 0 aliphatic heterocycles. The molecule has 394 valence electrons. The molecule has 0 amide bonds. The number of benzene rings is 11. The zero-order chi connectivity index (χ0) is 54.1. The van der Waals surface area contributed by atoms with Gasteiger partial charge in [-0.3, -0.25) is 0 Å².